The van der Waals surface area contributed by atoms with Gasteiger partial charge in [0.15, 0.2) is 5.75 Å². The molecule has 7 heteroatoms. The van der Waals surface area contributed by atoms with Gasteiger partial charge in [0.2, 0.25) is 5.91 Å². The molecule has 1 aromatic rings. The fraction of sp³-hybridized carbons (Fsp3) is 0.462. The van der Waals surface area contributed by atoms with Gasteiger partial charge in [-0.2, -0.15) is 0 Å². The van der Waals surface area contributed by atoms with Crippen molar-refractivity contribution in [3.05, 3.63) is 27.8 Å². The third-order valence-corrected chi connectivity index (χ3v) is 3.73. The Bertz CT molecular complexity index is 587. The van der Waals surface area contributed by atoms with E-state index in [0.717, 1.165) is 12.8 Å². The van der Waals surface area contributed by atoms with Crippen LogP contribution in [0.25, 0.3) is 0 Å². The molecule has 106 valence electrons. The average molecular weight is 277 g/mol. The third-order valence-electron chi connectivity index (χ3n) is 3.73. The molecule has 7 nitrogen and oxygen atoms in total. The van der Waals surface area contributed by atoms with Crippen LogP contribution in [0.15, 0.2) is 12.1 Å². The first kappa shape index (κ1) is 12.9. The van der Waals surface area contributed by atoms with Crippen molar-refractivity contribution in [3.8, 4) is 5.75 Å². The van der Waals surface area contributed by atoms with Gasteiger partial charge in [-0.05, 0) is 24.8 Å². The summed E-state index contributed by atoms with van der Waals surface area (Å²) in [6.07, 6.45) is 2.42. The molecule has 1 saturated carbocycles. The summed E-state index contributed by atoms with van der Waals surface area (Å²) in [5, 5.41) is 13.8. The van der Waals surface area contributed by atoms with Gasteiger partial charge in [0.1, 0.15) is 6.10 Å². The van der Waals surface area contributed by atoms with Gasteiger partial charge < -0.3 is 15.8 Å². The Hall–Kier alpha value is -2.15. The number of nitrogens with zero attached hydrogens (tertiary/aromatic N) is 1. The van der Waals surface area contributed by atoms with Crippen LogP contribution >= 0.6 is 0 Å². The van der Waals surface area contributed by atoms with Crippen LogP contribution in [0.2, 0.25) is 0 Å². The van der Waals surface area contributed by atoms with Crippen LogP contribution in [0.5, 0.6) is 5.75 Å². The number of benzene rings is 1. The Kier molecular flexibility index (Phi) is 3.06. The number of carbonyl (C=O) groups excluding carboxylic acids is 1. The first-order valence-corrected chi connectivity index (χ1v) is 6.56. The zero-order chi connectivity index (χ0) is 14.3. The zero-order valence-electron chi connectivity index (χ0n) is 10.8. The highest BCUT2D eigenvalue weighted by Crippen LogP contribution is 2.38. The normalized spacial score (nSPS) is 24.4. The van der Waals surface area contributed by atoms with Crippen molar-refractivity contribution in [2.75, 3.05) is 5.32 Å². The molecule has 3 N–H and O–H groups in total. The van der Waals surface area contributed by atoms with Crippen molar-refractivity contribution in [1.29, 1.82) is 0 Å². The van der Waals surface area contributed by atoms with Crippen LogP contribution in [-0.4, -0.2) is 23.0 Å². The van der Waals surface area contributed by atoms with E-state index in [0.29, 0.717) is 17.7 Å². The van der Waals surface area contributed by atoms with Gasteiger partial charge in [-0.1, -0.05) is 0 Å². The molecule has 0 saturated heterocycles. The SMILES string of the molecule is NC1CCC(Oc2cc3c(cc2[N+](=O)[O-])CC(=O)N3)C1. The Morgan fingerprint density at radius 2 is 2.20 bits per heavy atom. The molecule has 2 atom stereocenters. The topological polar surface area (TPSA) is 107 Å². The number of amides is 1. The van der Waals surface area contributed by atoms with Crippen LogP contribution in [-0.2, 0) is 11.2 Å². The minimum atomic E-state index is -0.479. The molecule has 0 spiro atoms. The summed E-state index contributed by atoms with van der Waals surface area (Å²) in [5.74, 6) is 0.0457. The monoisotopic (exact) mass is 277 g/mol. The number of nitrogens with one attached hydrogen (secondary N) is 1. The van der Waals surface area contributed by atoms with E-state index in [4.69, 9.17) is 10.5 Å². The van der Waals surface area contributed by atoms with Crippen LogP contribution in [0, 0.1) is 10.1 Å². The molecule has 1 aromatic carbocycles. The van der Waals surface area contributed by atoms with Crippen molar-refractivity contribution in [2.24, 2.45) is 5.73 Å². The second-order valence-electron chi connectivity index (χ2n) is 5.27. The van der Waals surface area contributed by atoms with Crippen molar-refractivity contribution in [3.63, 3.8) is 0 Å². The van der Waals surface area contributed by atoms with Crippen LogP contribution in [0.3, 0.4) is 0 Å². The van der Waals surface area contributed by atoms with Gasteiger partial charge in [0, 0.05) is 23.9 Å². The lowest BCUT2D eigenvalue weighted by atomic mass is 10.1. The molecular formula is C13H15N3O4. The van der Waals surface area contributed by atoms with Gasteiger partial charge in [-0.25, -0.2) is 0 Å². The second-order valence-corrected chi connectivity index (χ2v) is 5.27. The van der Waals surface area contributed by atoms with Crippen molar-refractivity contribution in [2.45, 2.75) is 37.8 Å². The van der Waals surface area contributed by atoms with E-state index in [1.54, 1.807) is 6.07 Å². The minimum absolute atomic E-state index is 0.0909. The summed E-state index contributed by atoms with van der Waals surface area (Å²) in [6, 6.07) is 3.05. The second kappa shape index (κ2) is 4.75. The van der Waals surface area contributed by atoms with Gasteiger partial charge in [-0.15, -0.1) is 0 Å². The van der Waals surface area contributed by atoms with Gasteiger partial charge >= 0.3 is 5.69 Å². The molecule has 2 aliphatic rings. The van der Waals surface area contributed by atoms with E-state index in [1.807, 2.05) is 0 Å². The number of hydrogen-bond donors (Lipinski definition) is 2. The van der Waals surface area contributed by atoms with E-state index in [9.17, 15) is 14.9 Å². The lowest BCUT2D eigenvalue weighted by molar-refractivity contribution is -0.386. The number of fused-ring (bicyclic) bond motifs is 1. The number of carbonyl (C=O) groups is 1. The van der Waals surface area contributed by atoms with E-state index in [1.165, 1.54) is 6.07 Å². The lowest BCUT2D eigenvalue weighted by Crippen LogP contribution is -2.19. The molecule has 2 unspecified atom stereocenters. The highest BCUT2D eigenvalue weighted by atomic mass is 16.6. The Morgan fingerprint density at radius 1 is 1.40 bits per heavy atom. The first-order chi connectivity index (χ1) is 9.52. The van der Waals surface area contributed by atoms with E-state index < -0.39 is 4.92 Å². The largest absolute Gasteiger partial charge is 0.483 e. The summed E-state index contributed by atoms with van der Waals surface area (Å²) in [5.41, 5.74) is 6.95. The maximum absolute atomic E-state index is 11.3. The number of nitrogens with two attached hydrogens (primary N) is 1. The summed E-state index contributed by atoms with van der Waals surface area (Å²) >= 11 is 0. The molecule has 1 aliphatic carbocycles. The third kappa shape index (κ3) is 2.32. The molecule has 0 radical (unpaired) electrons. The number of rotatable bonds is 3. The number of nitro groups is 1. The molecule has 20 heavy (non-hydrogen) atoms. The van der Waals surface area contributed by atoms with Crippen LogP contribution in [0.1, 0.15) is 24.8 Å². The van der Waals surface area contributed by atoms with Crippen LogP contribution in [0.4, 0.5) is 11.4 Å². The van der Waals surface area contributed by atoms with Crippen LogP contribution < -0.4 is 15.8 Å². The Labute approximate surface area is 115 Å². The minimum Gasteiger partial charge on any atom is -0.483 e. The fourth-order valence-electron chi connectivity index (χ4n) is 2.74. The maximum Gasteiger partial charge on any atom is 0.311 e. The molecule has 1 aliphatic heterocycles. The van der Waals surface area contributed by atoms with Gasteiger partial charge in [0.25, 0.3) is 0 Å². The summed E-state index contributed by atoms with van der Waals surface area (Å²) < 4.78 is 5.73. The van der Waals surface area contributed by atoms with E-state index >= 15 is 0 Å². The van der Waals surface area contributed by atoms with E-state index in [2.05, 4.69) is 5.32 Å². The number of anilines is 1. The standard InChI is InChI=1S/C13H15N3O4/c14-8-1-2-9(5-8)20-12-6-10-7(4-13(17)15-10)3-11(12)16(18)19/h3,6,8-9H,1-2,4-5,14H2,(H,15,17). The average Bonchev–Trinajstić information content (AvgIpc) is 2.92. The summed E-state index contributed by atoms with van der Waals surface area (Å²) in [4.78, 5) is 22.0. The highest BCUT2D eigenvalue weighted by molar-refractivity contribution is 5.99. The fourth-order valence-corrected chi connectivity index (χ4v) is 2.74. The first-order valence-electron chi connectivity index (χ1n) is 6.56. The highest BCUT2D eigenvalue weighted by Gasteiger charge is 2.29. The quantitative estimate of drug-likeness (QED) is 0.640. The van der Waals surface area contributed by atoms with Gasteiger partial charge in [-0.3, -0.25) is 14.9 Å². The lowest BCUT2D eigenvalue weighted by Gasteiger charge is -2.14. The molecule has 0 aromatic heterocycles. The van der Waals surface area contributed by atoms with Crippen molar-refractivity contribution >= 4 is 17.3 Å². The summed E-state index contributed by atoms with van der Waals surface area (Å²) in [6.45, 7) is 0. The Balaban J connectivity index is 1.91. The van der Waals surface area contributed by atoms with Crippen molar-refractivity contribution < 1.29 is 14.5 Å². The molecular weight excluding hydrogens is 262 g/mol. The number of ether oxygens (including phenoxy) is 1. The maximum atomic E-state index is 11.3. The Morgan fingerprint density at radius 3 is 2.85 bits per heavy atom. The molecule has 1 heterocycles. The zero-order valence-corrected chi connectivity index (χ0v) is 10.8. The molecule has 3 rings (SSSR count). The number of nitro benzene ring substituents is 1. The molecule has 1 amide bonds. The van der Waals surface area contributed by atoms with Gasteiger partial charge in [0.05, 0.1) is 11.3 Å². The smallest absolute Gasteiger partial charge is 0.311 e. The molecule has 1 fully saturated rings. The number of hydrogen-bond acceptors (Lipinski definition) is 5. The van der Waals surface area contributed by atoms with Crippen molar-refractivity contribution in [1.82, 2.24) is 0 Å². The molecule has 0 bridgehead atoms. The predicted octanol–water partition coefficient (Wildman–Crippen LogP) is 1.35. The predicted molar refractivity (Wildman–Crippen MR) is 71.7 cm³/mol. The summed E-state index contributed by atoms with van der Waals surface area (Å²) in [7, 11) is 0. The van der Waals surface area contributed by atoms with E-state index in [-0.39, 0.29) is 35.9 Å².